The Hall–Kier alpha value is -4.07. The maximum Gasteiger partial charge on any atom is 0.163 e. The summed E-state index contributed by atoms with van der Waals surface area (Å²) in [6.07, 6.45) is 1.56. The van der Waals surface area contributed by atoms with Gasteiger partial charge in [-0.15, -0.1) is 0 Å². The first-order valence-electron chi connectivity index (χ1n) is 11.8. The molecule has 0 bridgehead atoms. The molecule has 0 spiro atoms. The predicted octanol–water partition coefficient (Wildman–Crippen LogP) is 4.63. The number of aromatic nitrogens is 2. The van der Waals surface area contributed by atoms with Crippen molar-refractivity contribution in [2.75, 3.05) is 13.1 Å². The fourth-order valence-electron chi connectivity index (χ4n) is 5.04. The average Bonchev–Trinajstić information content (AvgIpc) is 3.17. The molecule has 4 aromatic rings. The van der Waals surface area contributed by atoms with Gasteiger partial charge in [0, 0.05) is 48.5 Å². The van der Waals surface area contributed by atoms with Crippen molar-refractivity contribution in [3.63, 3.8) is 0 Å². The van der Waals surface area contributed by atoms with E-state index in [2.05, 4.69) is 4.57 Å². The van der Waals surface area contributed by atoms with Crippen LogP contribution in [0.4, 0.5) is 0 Å². The molecule has 35 heavy (non-hydrogen) atoms. The van der Waals surface area contributed by atoms with Gasteiger partial charge in [-0.25, -0.2) is 4.98 Å². The number of ether oxygens (including phenoxy) is 1. The maximum absolute atomic E-state index is 11.0. The average molecular weight is 471 g/mol. The van der Waals surface area contributed by atoms with Crippen molar-refractivity contribution in [3.05, 3.63) is 59.4 Å². The highest BCUT2D eigenvalue weighted by Crippen LogP contribution is 2.39. The number of benzene rings is 3. The molecule has 5 rings (SSSR count). The highest BCUT2D eigenvalue weighted by atomic mass is 16.5. The quantitative estimate of drug-likeness (QED) is 0.256. The number of hydrogen-bond acceptors (Lipinski definition) is 5. The number of nitrogens with zero attached hydrogens (tertiary/aromatic N) is 3. The Balaban J connectivity index is 1.62. The molecule has 0 radical (unpaired) electrons. The molecule has 0 aliphatic carbocycles. The van der Waals surface area contributed by atoms with Crippen LogP contribution in [0.5, 0.6) is 11.5 Å². The van der Waals surface area contributed by atoms with Gasteiger partial charge in [0.05, 0.1) is 22.6 Å². The Morgan fingerprint density at radius 1 is 1.09 bits per heavy atom. The molecule has 1 aliphatic rings. The first-order chi connectivity index (χ1) is 16.8. The summed E-state index contributed by atoms with van der Waals surface area (Å²) in [5.74, 6) is 1.96. The smallest absolute Gasteiger partial charge is 0.163 e. The van der Waals surface area contributed by atoms with E-state index in [1.807, 2.05) is 61.2 Å². The summed E-state index contributed by atoms with van der Waals surface area (Å²) in [5, 5.41) is 28.6. The largest absolute Gasteiger partial charge is 0.504 e. The number of hydrogen-bond donors (Lipinski definition) is 4. The van der Waals surface area contributed by atoms with E-state index >= 15 is 0 Å². The number of nitrogens with one attached hydrogen (secondary N) is 2. The number of fused-ring (bicyclic) bond motifs is 2. The molecule has 5 N–H and O–H groups in total. The van der Waals surface area contributed by atoms with Crippen molar-refractivity contribution in [2.45, 2.75) is 39.7 Å². The van der Waals surface area contributed by atoms with Gasteiger partial charge in [-0.3, -0.25) is 15.4 Å². The number of imidazole rings is 1. The second kappa shape index (κ2) is 8.61. The lowest BCUT2D eigenvalue weighted by atomic mass is 10.0. The fraction of sp³-hybridized carbons (Fsp3) is 0.296. The van der Waals surface area contributed by atoms with Gasteiger partial charge in [0.25, 0.3) is 0 Å². The first kappa shape index (κ1) is 22.7. The number of aromatic hydroxyl groups is 1. The van der Waals surface area contributed by atoms with E-state index in [9.17, 15) is 5.11 Å². The van der Waals surface area contributed by atoms with Gasteiger partial charge in [0.2, 0.25) is 0 Å². The van der Waals surface area contributed by atoms with Gasteiger partial charge in [0.15, 0.2) is 11.5 Å². The number of nitrogen functional groups attached to an aromatic ring is 1. The number of phenols is 1. The van der Waals surface area contributed by atoms with E-state index in [1.165, 1.54) is 0 Å². The van der Waals surface area contributed by atoms with Crippen molar-refractivity contribution >= 4 is 33.5 Å². The molecule has 1 fully saturated rings. The number of aryl methyl sites for hydroxylation is 2. The minimum absolute atomic E-state index is 0.0264. The van der Waals surface area contributed by atoms with E-state index in [4.69, 9.17) is 26.3 Å². The van der Waals surface area contributed by atoms with Crippen molar-refractivity contribution in [1.29, 1.82) is 10.8 Å². The predicted molar refractivity (Wildman–Crippen MR) is 139 cm³/mol. The topological polar surface area (TPSA) is 124 Å². The molecule has 1 aliphatic heterocycles. The van der Waals surface area contributed by atoms with Crippen molar-refractivity contribution in [3.8, 4) is 17.2 Å². The van der Waals surface area contributed by atoms with E-state index in [0.29, 0.717) is 22.7 Å². The van der Waals surface area contributed by atoms with E-state index in [1.54, 1.807) is 6.92 Å². The summed E-state index contributed by atoms with van der Waals surface area (Å²) in [6, 6.07) is 13.6. The molecule has 3 aromatic carbocycles. The van der Waals surface area contributed by atoms with Crippen LogP contribution in [0.15, 0.2) is 42.5 Å². The van der Waals surface area contributed by atoms with Crippen molar-refractivity contribution in [1.82, 2.24) is 14.5 Å². The van der Waals surface area contributed by atoms with Crippen LogP contribution in [-0.2, 0) is 0 Å². The third-order valence-electron chi connectivity index (χ3n) is 6.93. The molecular weight excluding hydrogens is 440 g/mol. The zero-order valence-electron chi connectivity index (χ0n) is 20.2. The van der Waals surface area contributed by atoms with Gasteiger partial charge in [-0.2, -0.15) is 0 Å². The van der Waals surface area contributed by atoms with Crippen LogP contribution in [0.25, 0.3) is 27.5 Å². The van der Waals surface area contributed by atoms with Gasteiger partial charge in [-0.05, 0) is 38.3 Å². The Kier molecular flexibility index (Phi) is 5.59. The standard InChI is InChI=1S/C27H30N6O2/c1-15-25-23(14-24(26(15)34)35-18-10-12-32(13-11-18)16(2)28)33(17(3)31-25)22-9-8-21(27(29)30)19-6-4-5-7-20(19)22/h4-9,14,18,28,34H,10-13H2,1-3H3,(H3,29,30). The Morgan fingerprint density at radius 2 is 1.77 bits per heavy atom. The van der Waals surface area contributed by atoms with Gasteiger partial charge in [0.1, 0.15) is 17.8 Å². The van der Waals surface area contributed by atoms with E-state index in [0.717, 1.165) is 59.2 Å². The van der Waals surface area contributed by atoms with E-state index in [-0.39, 0.29) is 17.7 Å². The number of phenolic OH excluding ortho intramolecular Hbond substituents is 1. The third kappa shape index (κ3) is 3.84. The summed E-state index contributed by atoms with van der Waals surface area (Å²) in [7, 11) is 0. The molecule has 8 heteroatoms. The van der Waals surface area contributed by atoms with Crippen LogP contribution in [-0.4, -0.2) is 50.4 Å². The number of amidine groups is 2. The number of nitrogens with two attached hydrogens (primary N) is 1. The maximum atomic E-state index is 11.0. The Bertz CT molecular complexity index is 1480. The molecule has 0 atom stereocenters. The van der Waals surface area contributed by atoms with Crippen molar-refractivity contribution < 1.29 is 9.84 Å². The molecule has 2 heterocycles. The van der Waals surface area contributed by atoms with Gasteiger partial charge < -0.3 is 20.5 Å². The van der Waals surface area contributed by atoms with Crippen LogP contribution >= 0.6 is 0 Å². The second-order valence-electron chi connectivity index (χ2n) is 9.19. The highest BCUT2D eigenvalue weighted by molar-refractivity contribution is 6.10. The summed E-state index contributed by atoms with van der Waals surface area (Å²) >= 11 is 0. The molecular formula is C27H30N6O2. The Labute approximate surface area is 204 Å². The van der Waals surface area contributed by atoms with Crippen LogP contribution in [0.3, 0.4) is 0 Å². The monoisotopic (exact) mass is 470 g/mol. The first-order valence-corrected chi connectivity index (χ1v) is 11.8. The SMILES string of the molecule is CC(=N)N1CCC(Oc2cc3c(nc(C)n3-c3ccc(C(=N)N)c4ccccc34)c(C)c2O)CC1. The number of likely N-dealkylation sites (tertiary alicyclic amines) is 1. The normalized spacial score (nSPS) is 14.5. The lowest BCUT2D eigenvalue weighted by Gasteiger charge is -2.33. The number of rotatable bonds is 4. The van der Waals surface area contributed by atoms with Crippen LogP contribution < -0.4 is 10.5 Å². The zero-order chi connectivity index (χ0) is 24.9. The second-order valence-corrected chi connectivity index (χ2v) is 9.19. The molecule has 0 saturated carbocycles. The molecule has 180 valence electrons. The van der Waals surface area contributed by atoms with Crippen LogP contribution in [0, 0.1) is 24.7 Å². The molecule has 8 nitrogen and oxygen atoms in total. The summed E-state index contributed by atoms with van der Waals surface area (Å²) in [6.45, 7) is 7.15. The van der Waals surface area contributed by atoms with E-state index < -0.39 is 0 Å². The molecule has 1 aromatic heterocycles. The summed E-state index contributed by atoms with van der Waals surface area (Å²) in [4.78, 5) is 6.83. The lowest BCUT2D eigenvalue weighted by Crippen LogP contribution is -2.40. The van der Waals surface area contributed by atoms with Crippen LogP contribution in [0.2, 0.25) is 0 Å². The minimum Gasteiger partial charge on any atom is -0.504 e. The molecule has 1 saturated heterocycles. The third-order valence-corrected chi connectivity index (χ3v) is 6.93. The summed E-state index contributed by atoms with van der Waals surface area (Å²) in [5.41, 5.74) is 9.71. The highest BCUT2D eigenvalue weighted by Gasteiger charge is 2.24. The zero-order valence-corrected chi connectivity index (χ0v) is 20.2. The fourth-order valence-corrected chi connectivity index (χ4v) is 5.04. The number of piperidine rings is 1. The van der Waals surface area contributed by atoms with Crippen LogP contribution in [0.1, 0.15) is 36.7 Å². The molecule has 0 amide bonds. The minimum atomic E-state index is -0.0264. The van der Waals surface area contributed by atoms with Gasteiger partial charge >= 0.3 is 0 Å². The summed E-state index contributed by atoms with van der Waals surface area (Å²) < 4.78 is 8.38. The lowest BCUT2D eigenvalue weighted by molar-refractivity contribution is 0.127. The Morgan fingerprint density at radius 3 is 2.43 bits per heavy atom. The van der Waals surface area contributed by atoms with Gasteiger partial charge in [-0.1, -0.05) is 24.3 Å². The molecule has 0 unspecified atom stereocenters. The van der Waals surface area contributed by atoms with Crippen molar-refractivity contribution in [2.24, 2.45) is 5.73 Å².